The van der Waals surface area contributed by atoms with E-state index >= 15 is 0 Å². The summed E-state index contributed by atoms with van der Waals surface area (Å²) in [5, 5.41) is 29.1. The first-order valence-electron chi connectivity index (χ1n) is 11.2. The molecule has 164 valence electrons. The lowest BCUT2D eigenvalue weighted by Gasteiger charge is -2.22. The Morgan fingerprint density at radius 1 is 1.19 bits per heavy atom. The van der Waals surface area contributed by atoms with Gasteiger partial charge in [0.15, 0.2) is 0 Å². The smallest absolute Gasteiger partial charge is 0.345 e. The maximum atomic E-state index is 11.1. The van der Waals surface area contributed by atoms with Crippen molar-refractivity contribution in [1.29, 1.82) is 5.26 Å². The normalized spacial score (nSPS) is 19.1. The molecular weight excluding hydrogens is 406 g/mol. The summed E-state index contributed by atoms with van der Waals surface area (Å²) in [6.45, 7) is 2.16. The van der Waals surface area contributed by atoms with Gasteiger partial charge in [-0.2, -0.15) is 5.26 Å². The second-order valence-corrected chi connectivity index (χ2v) is 9.55. The molecule has 1 aliphatic rings. The number of nitriles is 1. The number of carboxylic acid groups (broad SMARTS) is 1. The highest BCUT2D eigenvalue weighted by Crippen LogP contribution is 2.42. The van der Waals surface area contributed by atoms with E-state index in [1.54, 1.807) is 6.07 Å². The Morgan fingerprint density at radius 2 is 1.97 bits per heavy atom. The van der Waals surface area contributed by atoms with Gasteiger partial charge in [0.05, 0.1) is 12.2 Å². The average Bonchev–Trinajstić information content (AvgIpc) is 3.41. The first-order valence-corrected chi connectivity index (χ1v) is 12.0. The number of hydrogen-bond acceptors (Lipinski definition) is 4. The molecule has 0 bridgehead atoms. The van der Waals surface area contributed by atoms with Crippen LogP contribution in [0.3, 0.4) is 0 Å². The standard InChI is InChI=1S/C26H31NO3S/c1-2-3-4-8-23(28)18-9-11-20(12-10-18)25-19(13-14-21(25)17-27)6-5-7-22-15-16-24(31-22)26(29)30/h9-12,14-16,19,23,25,28H,2-8,13H2,1H3,(H,29,30)/t19-,23?,25-/m0/s1. The molecule has 3 rings (SSSR count). The van der Waals surface area contributed by atoms with Gasteiger partial charge in [-0.05, 0) is 61.3 Å². The molecule has 5 heteroatoms. The number of hydrogen-bond donors (Lipinski definition) is 2. The molecule has 0 saturated heterocycles. The highest BCUT2D eigenvalue weighted by atomic mass is 32.1. The van der Waals surface area contributed by atoms with Crippen molar-refractivity contribution >= 4 is 17.3 Å². The number of nitrogens with zero attached hydrogens (tertiary/aromatic N) is 1. The molecule has 3 atom stereocenters. The van der Waals surface area contributed by atoms with Crippen LogP contribution in [0.1, 0.15) is 89.6 Å². The van der Waals surface area contributed by atoms with Crippen LogP contribution in [0.25, 0.3) is 0 Å². The van der Waals surface area contributed by atoms with Crippen LogP contribution >= 0.6 is 11.3 Å². The molecule has 2 aromatic rings. The van der Waals surface area contributed by atoms with Crippen molar-refractivity contribution in [1.82, 2.24) is 0 Å². The lowest BCUT2D eigenvalue weighted by molar-refractivity contribution is 0.0702. The number of aryl methyl sites for hydroxylation is 1. The number of allylic oxidation sites excluding steroid dienone is 2. The molecule has 1 aromatic heterocycles. The fourth-order valence-electron chi connectivity index (χ4n) is 4.49. The second-order valence-electron chi connectivity index (χ2n) is 8.39. The molecule has 0 aliphatic heterocycles. The van der Waals surface area contributed by atoms with Crippen LogP contribution in [0.4, 0.5) is 0 Å². The van der Waals surface area contributed by atoms with Gasteiger partial charge in [0.25, 0.3) is 0 Å². The summed E-state index contributed by atoms with van der Waals surface area (Å²) in [6.07, 6.45) is 9.48. The first-order chi connectivity index (χ1) is 15.0. The Kier molecular flexibility index (Phi) is 8.45. The molecule has 4 nitrogen and oxygen atoms in total. The van der Waals surface area contributed by atoms with E-state index < -0.39 is 12.1 Å². The number of benzene rings is 1. The van der Waals surface area contributed by atoms with Gasteiger partial charge in [0, 0.05) is 16.4 Å². The zero-order valence-corrected chi connectivity index (χ0v) is 18.9. The third-order valence-electron chi connectivity index (χ3n) is 6.21. The van der Waals surface area contributed by atoms with Crippen LogP contribution in [0.2, 0.25) is 0 Å². The maximum Gasteiger partial charge on any atom is 0.345 e. The number of thiophene rings is 1. The predicted octanol–water partition coefficient (Wildman–Crippen LogP) is 6.64. The number of aromatic carboxylic acids is 1. The largest absolute Gasteiger partial charge is 0.477 e. The fourth-order valence-corrected chi connectivity index (χ4v) is 5.38. The summed E-state index contributed by atoms with van der Waals surface area (Å²) >= 11 is 1.35. The van der Waals surface area contributed by atoms with E-state index in [0.717, 1.165) is 72.9 Å². The Hall–Kier alpha value is -2.42. The molecule has 0 spiro atoms. The van der Waals surface area contributed by atoms with E-state index in [0.29, 0.717) is 10.8 Å². The summed E-state index contributed by atoms with van der Waals surface area (Å²) in [6, 6.07) is 14.1. The maximum absolute atomic E-state index is 11.1. The lowest BCUT2D eigenvalue weighted by atomic mass is 9.82. The number of carboxylic acids is 1. The average molecular weight is 438 g/mol. The number of carbonyl (C=O) groups is 1. The van der Waals surface area contributed by atoms with E-state index in [2.05, 4.69) is 31.2 Å². The van der Waals surface area contributed by atoms with E-state index in [1.807, 2.05) is 18.2 Å². The topological polar surface area (TPSA) is 81.3 Å². The van der Waals surface area contributed by atoms with Crippen molar-refractivity contribution in [3.8, 4) is 6.07 Å². The van der Waals surface area contributed by atoms with Crippen LogP contribution in [0.15, 0.2) is 48.0 Å². The highest BCUT2D eigenvalue weighted by Gasteiger charge is 2.31. The quantitative estimate of drug-likeness (QED) is 0.386. The molecule has 1 heterocycles. The zero-order valence-electron chi connectivity index (χ0n) is 18.1. The van der Waals surface area contributed by atoms with Gasteiger partial charge in [0.1, 0.15) is 4.88 Å². The third kappa shape index (κ3) is 6.06. The Labute approximate surface area is 188 Å². The van der Waals surface area contributed by atoms with Crippen molar-refractivity contribution in [3.05, 3.63) is 68.9 Å². The predicted molar refractivity (Wildman–Crippen MR) is 124 cm³/mol. The van der Waals surface area contributed by atoms with Gasteiger partial charge in [0.2, 0.25) is 0 Å². The zero-order chi connectivity index (χ0) is 22.2. The number of rotatable bonds is 11. The minimum Gasteiger partial charge on any atom is -0.477 e. The van der Waals surface area contributed by atoms with Crippen LogP contribution in [-0.4, -0.2) is 16.2 Å². The Bertz CT molecular complexity index is 938. The molecule has 2 N–H and O–H groups in total. The minimum atomic E-state index is -0.867. The molecular formula is C26H31NO3S. The van der Waals surface area contributed by atoms with Crippen LogP contribution in [-0.2, 0) is 6.42 Å². The van der Waals surface area contributed by atoms with Gasteiger partial charge in [-0.25, -0.2) is 4.79 Å². The lowest BCUT2D eigenvalue weighted by Crippen LogP contribution is -2.10. The molecule has 0 fully saturated rings. The van der Waals surface area contributed by atoms with Crippen molar-refractivity contribution in [2.45, 2.75) is 70.3 Å². The molecule has 31 heavy (non-hydrogen) atoms. The van der Waals surface area contributed by atoms with Crippen LogP contribution in [0, 0.1) is 17.2 Å². The SMILES string of the molecule is CCCCCC(O)c1ccc([C@H]2C(C#N)=CC[C@@H]2CCCc2ccc(C(=O)O)s2)cc1. The summed E-state index contributed by atoms with van der Waals surface area (Å²) < 4.78 is 0. The van der Waals surface area contributed by atoms with E-state index in [1.165, 1.54) is 11.3 Å². The Balaban J connectivity index is 1.61. The molecule has 1 unspecified atom stereocenters. The molecule has 1 aliphatic carbocycles. The summed E-state index contributed by atoms with van der Waals surface area (Å²) in [5.41, 5.74) is 2.93. The van der Waals surface area contributed by atoms with Crippen LogP contribution < -0.4 is 0 Å². The summed E-state index contributed by atoms with van der Waals surface area (Å²) in [5.74, 6) is -0.378. The fraction of sp³-hybridized carbons (Fsp3) is 0.462. The monoisotopic (exact) mass is 437 g/mol. The third-order valence-corrected chi connectivity index (χ3v) is 7.34. The van der Waals surface area contributed by atoms with E-state index in [-0.39, 0.29) is 5.92 Å². The van der Waals surface area contributed by atoms with Crippen molar-refractivity contribution in [3.63, 3.8) is 0 Å². The molecule has 0 radical (unpaired) electrons. The molecule has 1 aromatic carbocycles. The van der Waals surface area contributed by atoms with E-state index in [9.17, 15) is 15.2 Å². The number of aliphatic hydroxyl groups excluding tert-OH is 1. The van der Waals surface area contributed by atoms with Gasteiger partial charge in [-0.15, -0.1) is 11.3 Å². The van der Waals surface area contributed by atoms with Gasteiger partial charge in [-0.1, -0.05) is 56.5 Å². The van der Waals surface area contributed by atoms with Gasteiger partial charge in [-0.3, -0.25) is 0 Å². The summed E-state index contributed by atoms with van der Waals surface area (Å²) in [7, 11) is 0. The molecule has 0 amide bonds. The molecule has 0 saturated carbocycles. The van der Waals surface area contributed by atoms with Crippen molar-refractivity contribution in [2.75, 3.05) is 0 Å². The minimum absolute atomic E-state index is 0.106. The van der Waals surface area contributed by atoms with Crippen molar-refractivity contribution < 1.29 is 15.0 Å². The highest BCUT2D eigenvalue weighted by molar-refractivity contribution is 7.13. The second kappa shape index (κ2) is 11.3. The van der Waals surface area contributed by atoms with Gasteiger partial charge >= 0.3 is 5.97 Å². The Morgan fingerprint density at radius 3 is 2.61 bits per heavy atom. The van der Waals surface area contributed by atoms with Crippen LogP contribution in [0.5, 0.6) is 0 Å². The van der Waals surface area contributed by atoms with E-state index in [4.69, 9.17) is 5.11 Å². The number of aliphatic hydroxyl groups is 1. The first kappa shape index (κ1) is 23.2. The summed E-state index contributed by atoms with van der Waals surface area (Å²) in [4.78, 5) is 12.5. The van der Waals surface area contributed by atoms with Crippen molar-refractivity contribution in [2.24, 2.45) is 5.92 Å². The van der Waals surface area contributed by atoms with Gasteiger partial charge < -0.3 is 10.2 Å². The number of unbranched alkanes of at least 4 members (excludes halogenated alkanes) is 2.